The summed E-state index contributed by atoms with van der Waals surface area (Å²) in [6.07, 6.45) is 14.9. The van der Waals surface area contributed by atoms with Crippen molar-refractivity contribution in [2.24, 2.45) is 50.7 Å². The van der Waals surface area contributed by atoms with Gasteiger partial charge in [-0.3, -0.25) is 0 Å². The molecule has 0 rings (SSSR count). The Balaban J connectivity index is -0.00000182. The van der Waals surface area contributed by atoms with Gasteiger partial charge in [-0.1, -0.05) is 122 Å². The zero-order chi connectivity index (χ0) is 102. The second kappa shape index (κ2) is 52.4. The highest BCUT2D eigenvalue weighted by Gasteiger charge is 2.54. The van der Waals surface area contributed by atoms with Crippen LogP contribution in [0.25, 0.3) is 0 Å². The molecule has 0 saturated carbocycles. The van der Waals surface area contributed by atoms with Crippen LogP contribution in [-0.4, -0.2) is 221 Å². The average molecular weight is 2110 g/mol. The Labute approximate surface area is 810 Å². The van der Waals surface area contributed by atoms with Gasteiger partial charge in [0.05, 0.1) is 39.6 Å². The van der Waals surface area contributed by atoms with E-state index in [1.54, 1.807) is 0 Å². The molecule has 0 aliphatic carbocycles. The van der Waals surface area contributed by atoms with Gasteiger partial charge < -0.3 is 80.0 Å². The highest BCUT2D eigenvalue weighted by atomic mass is 28.5. The number of aliphatic hydroxyl groups is 6. The average Bonchev–Trinajstić information content (AvgIpc) is 0.839. The van der Waals surface area contributed by atoms with Crippen LogP contribution in [0.3, 0.4) is 0 Å². The molecule has 36 heteroatoms. The Morgan fingerprint density at radius 2 is 0.331 bits per heavy atom. The van der Waals surface area contributed by atoms with Crippen LogP contribution in [-0.2, 0) is 49.4 Å². The number of aliphatic hydroxyl groups excluding tert-OH is 6. The first-order valence-electron chi connectivity index (χ1n) is 49.9. The molecular weight excluding hydrogens is 1890 g/mol. The minimum absolute atomic E-state index is 0.00269. The Morgan fingerprint density at radius 1 is 0.189 bits per heavy atom. The van der Waals surface area contributed by atoms with Gasteiger partial charge in [-0.15, -0.1) is 0 Å². The molecule has 8 unspecified atom stereocenters. The van der Waals surface area contributed by atoms with Gasteiger partial charge in [0.15, 0.2) is 99.8 Å². The predicted molar refractivity (Wildman–Crippen MR) is 598 cm³/mol. The summed E-state index contributed by atoms with van der Waals surface area (Å²) in [5, 5.41) is 63.2. The molecular formula is C91H224O18Si18. The molecule has 0 aromatic carbocycles. The molecule has 0 fully saturated rings. The summed E-state index contributed by atoms with van der Waals surface area (Å²) < 4.78 is 82.0. The maximum atomic E-state index is 10.6. The van der Waals surface area contributed by atoms with Crippen LogP contribution in [0.1, 0.15) is 186 Å². The number of hydrogen-bond acceptors (Lipinski definition) is 18. The van der Waals surface area contributed by atoms with E-state index < -0.39 is 167 Å². The van der Waals surface area contributed by atoms with Crippen molar-refractivity contribution in [2.45, 2.75) is 495 Å². The summed E-state index contributed by atoms with van der Waals surface area (Å²) in [6.45, 7) is 123. The van der Waals surface area contributed by atoms with Crippen LogP contribution < -0.4 is 0 Å². The monoisotopic (exact) mass is 2110 g/mol. The van der Waals surface area contributed by atoms with Crippen LogP contribution in [0.15, 0.2) is 0 Å². The zero-order valence-electron chi connectivity index (χ0n) is 94.7. The Hall–Kier alpha value is 3.18. The SMILES string of the molecule is CC(C)(CCCC(CO)(CO)CCCC(C)(C)C[Si](C)(O[Si](C)(C)C)O[Si](C)(C)C)C[Si](C)(O[Si](C)(C)C)O[Si](C)(C)C.CC(CCC(CO)(CO)CCC(C)C(C)[Si](C)(O[Si](C)(C)C)O[Si](C)(C)C)C(C)[Si](C)(O[Si](C)(C)C)O[Si](C)(C)C.CC(CCCC(CO)(CO)CCCC(C)C(C)[Si](C)(O[Si](C)(C)C)O[Si](C)(C)C)C(C)[Si](C)(O[Si](C)(C)C)O[Si](C)(C)C. The van der Waals surface area contributed by atoms with Crippen molar-refractivity contribution >= 4 is 151 Å². The molecule has 18 nitrogen and oxygen atoms in total. The summed E-state index contributed by atoms with van der Waals surface area (Å²) >= 11 is 0. The lowest BCUT2D eigenvalue weighted by atomic mass is 9.76. The van der Waals surface area contributed by atoms with Gasteiger partial charge in [-0.05, 0) is 386 Å². The van der Waals surface area contributed by atoms with Crippen molar-refractivity contribution in [3.63, 3.8) is 0 Å². The fraction of sp³-hybridized carbons (Fsp3) is 1.00. The molecule has 0 spiro atoms. The van der Waals surface area contributed by atoms with E-state index in [1.807, 2.05) is 0 Å². The molecule has 0 aromatic rings. The lowest BCUT2D eigenvalue weighted by Gasteiger charge is -2.45. The van der Waals surface area contributed by atoms with Crippen LogP contribution in [0, 0.1) is 50.7 Å². The molecule has 0 amide bonds. The summed E-state index contributed by atoms with van der Waals surface area (Å²) in [5.74, 6) is 1.67. The van der Waals surface area contributed by atoms with Crippen LogP contribution in [0.2, 0.25) is 309 Å². The van der Waals surface area contributed by atoms with Gasteiger partial charge in [0.25, 0.3) is 0 Å². The van der Waals surface area contributed by atoms with E-state index in [-0.39, 0.29) is 50.5 Å². The van der Waals surface area contributed by atoms with Crippen LogP contribution >= 0.6 is 0 Å². The molecule has 0 bridgehead atoms. The van der Waals surface area contributed by atoms with Crippen LogP contribution in [0.4, 0.5) is 0 Å². The van der Waals surface area contributed by atoms with E-state index in [0.717, 1.165) is 115 Å². The van der Waals surface area contributed by atoms with Crippen molar-refractivity contribution in [2.75, 3.05) is 39.6 Å². The van der Waals surface area contributed by atoms with E-state index in [4.69, 9.17) is 49.4 Å². The van der Waals surface area contributed by atoms with E-state index in [0.29, 0.717) is 45.8 Å². The summed E-state index contributed by atoms with van der Waals surface area (Å²) in [4.78, 5) is 0. The predicted octanol–water partition coefficient (Wildman–Crippen LogP) is 28.9. The fourth-order valence-electron chi connectivity index (χ4n) is 19.5. The molecule has 768 valence electrons. The summed E-state index contributed by atoms with van der Waals surface area (Å²) in [7, 11) is -35.5. The second-order valence-corrected chi connectivity index (χ2v) is 132. The van der Waals surface area contributed by atoms with E-state index >= 15 is 0 Å². The van der Waals surface area contributed by atoms with Gasteiger partial charge in [-0.25, -0.2) is 0 Å². The third-order valence-corrected chi connectivity index (χ3v) is 86.0. The lowest BCUT2D eigenvalue weighted by molar-refractivity contribution is 0.0293. The van der Waals surface area contributed by atoms with Crippen LogP contribution in [0.5, 0.6) is 0 Å². The van der Waals surface area contributed by atoms with E-state index in [1.165, 1.54) is 0 Å². The van der Waals surface area contributed by atoms with Crippen molar-refractivity contribution in [1.82, 2.24) is 0 Å². The second-order valence-electron chi connectivity index (χ2n) is 54.7. The lowest BCUT2D eigenvalue weighted by Crippen LogP contribution is -2.56. The van der Waals surface area contributed by atoms with Crippen molar-refractivity contribution in [3.05, 3.63) is 0 Å². The molecule has 0 aliphatic rings. The Bertz CT molecular complexity index is 2730. The maximum absolute atomic E-state index is 10.6. The van der Waals surface area contributed by atoms with Gasteiger partial charge in [0.2, 0.25) is 0 Å². The van der Waals surface area contributed by atoms with Gasteiger partial charge in [-0.2, -0.15) is 0 Å². The minimum atomic E-state index is -2.43. The fourth-order valence-corrected chi connectivity index (χ4v) is 98.1. The molecule has 0 aliphatic heterocycles. The minimum Gasteiger partial charge on any atom is -0.437 e. The molecule has 0 radical (unpaired) electrons. The topological polar surface area (TPSA) is 232 Å². The Kier molecular flexibility index (Phi) is 55.5. The van der Waals surface area contributed by atoms with Crippen molar-refractivity contribution in [3.8, 4) is 0 Å². The first kappa shape index (κ1) is 134. The third-order valence-electron chi connectivity index (χ3n) is 24.6. The third kappa shape index (κ3) is 59.6. The smallest absolute Gasteiger partial charge is 0.317 e. The molecule has 127 heavy (non-hydrogen) atoms. The standard InChI is InChI=1S/2C31H76O6Si6.C29H72O6Si6/c1-29(2,27-42(17,34-38(5,6)7)35-39(8,9)10)21-19-23-31(25-32,26-33)24-20-22-30(3,4)28-43(18,36-40(11,12)13)37-41(14,15)16;1-27(29(3)42(17,34-38(5,6)7)35-39(8,9)10)21-19-23-31(25-32,26-33)24-20-22-28(2)30(4)43(18,36-40(11,12)13)37-41(14,15)16;1-25(27(3)40(17,32-36(5,6)7)33-37(8,9)10)19-21-29(23-30,24-31)22-20-26(2)28(4)41(18,34-38(11,12)13)35-39(14,15)16/h32-33H,19-28H2,1-18H3;27-30,32-33H,19-26H2,1-18H3;25-28,30-31H,19-24H2,1-18H3. The quantitative estimate of drug-likeness (QED) is 0.0311. The Morgan fingerprint density at radius 3 is 0.480 bits per heavy atom. The molecule has 0 heterocycles. The number of hydrogen-bond donors (Lipinski definition) is 6. The van der Waals surface area contributed by atoms with E-state index in [2.05, 4.69) is 358 Å². The summed E-state index contributed by atoms with van der Waals surface area (Å²) in [6, 6.07) is 1.94. The molecule has 8 atom stereocenters. The summed E-state index contributed by atoms with van der Waals surface area (Å²) in [5.41, 5.74) is 0.167. The molecule has 0 aromatic heterocycles. The largest absolute Gasteiger partial charge is 0.437 e. The molecule has 0 saturated heterocycles. The van der Waals surface area contributed by atoms with Gasteiger partial charge in [0.1, 0.15) is 0 Å². The normalized spacial score (nSPS) is 16.9. The van der Waals surface area contributed by atoms with Gasteiger partial charge in [0, 0.05) is 38.4 Å². The van der Waals surface area contributed by atoms with Crippen molar-refractivity contribution < 1.29 is 80.0 Å². The zero-order valence-corrected chi connectivity index (χ0v) is 113. The highest BCUT2D eigenvalue weighted by molar-refractivity contribution is 6.92. The maximum Gasteiger partial charge on any atom is 0.317 e. The first-order chi connectivity index (χ1) is 55.8. The van der Waals surface area contributed by atoms with Crippen molar-refractivity contribution in [1.29, 1.82) is 0 Å². The molecule has 6 N–H and O–H groups in total. The highest BCUT2D eigenvalue weighted by Crippen LogP contribution is 2.48. The van der Waals surface area contributed by atoms with Gasteiger partial charge >= 0.3 is 51.4 Å². The van der Waals surface area contributed by atoms with E-state index in [9.17, 15) is 30.6 Å². The first-order valence-corrected chi connectivity index (χ1v) is 105. The number of rotatable bonds is 64.